The van der Waals surface area contributed by atoms with Crippen molar-refractivity contribution in [3.8, 4) is 0 Å². The first-order valence-electron chi connectivity index (χ1n) is 15.7. The summed E-state index contributed by atoms with van der Waals surface area (Å²) in [6.45, 7) is 4.80. The summed E-state index contributed by atoms with van der Waals surface area (Å²) in [5, 5.41) is 47.1. The van der Waals surface area contributed by atoms with Crippen LogP contribution in [0.15, 0.2) is 0 Å². The Balaban J connectivity index is 3.15. The van der Waals surface area contributed by atoms with Gasteiger partial charge >= 0.3 is 17.9 Å². The number of nitrogens with zero attached hydrogens (tertiary/aromatic N) is 1. The first-order valence-corrected chi connectivity index (χ1v) is 15.7. The minimum atomic E-state index is -1.73. The highest BCUT2D eigenvalue weighted by atomic mass is 16.4. The molecule has 0 radical (unpaired) electrons. The summed E-state index contributed by atoms with van der Waals surface area (Å²) in [6.07, 6.45) is -1.62. The Bertz CT molecular complexity index is 1180. The van der Waals surface area contributed by atoms with Crippen molar-refractivity contribution >= 4 is 47.4 Å². The zero-order valence-corrected chi connectivity index (χ0v) is 27.3. The molecule has 1 fully saturated rings. The molecule has 19 heteroatoms. The molecule has 1 rings (SSSR count). The molecule has 0 aromatic carbocycles. The van der Waals surface area contributed by atoms with Gasteiger partial charge in [0.1, 0.15) is 36.3 Å². The monoisotopic (exact) mass is 687 g/mol. The summed E-state index contributed by atoms with van der Waals surface area (Å²) >= 11 is 0. The number of carboxylic acids is 3. The number of aliphatic hydroxyl groups is 1. The number of nitrogens with two attached hydrogens (primary N) is 2. The topological polar surface area (TPSA) is 321 Å². The summed E-state index contributed by atoms with van der Waals surface area (Å²) in [6, 6.07) is -8.39. The van der Waals surface area contributed by atoms with Crippen molar-refractivity contribution in [1.82, 2.24) is 26.2 Å². The van der Waals surface area contributed by atoms with Crippen LogP contribution in [0, 0.1) is 5.92 Å². The van der Waals surface area contributed by atoms with E-state index in [-0.39, 0.29) is 19.4 Å². The standard InChI is InChI=1S/C29H49N7O12/c1-14(2)23(27(45)34-18(13-21(40)41)25(43)33-17(29(47)48)7-4-5-11-30)35-24(42)16(9-10-20(38)39)32-26(44)19-8-6-12-36(19)28(46)22(31)15(3)37/h14-19,22-23,37H,4-13,30-31H2,1-3H3,(H,32,44)(H,33,43)(H,34,45)(H,35,42)(H,38,39)(H,40,41)(H,47,48)/t15-,16+,17+,18+,19+,22+,23+/m1/s1. The Morgan fingerprint density at radius 2 is 1.40 bits per heavy atom. The van der Waals surface area contributed by atoms with Gasteiger partial charge in [-0.15, -0.1) is 0 Å². The highest BCUT2D eigenvalue weighted by Crippen LogP contribution is 2.19. The van der Waals surface area contributed by atoms with E-state index >= 15 is 0 Å². The molecule has 0 bridgehead atoms. The number of rotatable bonds is 21. The number of hydrogen-bond acceptors (Lipinski definition) is 11. The zero-order valence-electron chi connectivity index (χ0n) is 27.3. The molecular weight excluding hydrogens is 638 g/mol. The molecule has 7 atom stereocenters. The van der Waals surface area contributed by atoms with Crippen LogP contribution in [-0.2, 0) is 38.4 Å². The predicted molar refractivity (Wildman–Crippen MR) is 167 cm³/mol. The van der Waals surface area contributed by atoms with E-state index in [0.29, 0.717) is 25.8 Å². The van der Waals surface area contributed by atoms with Crippen molar-refractivity contribution in [2.75, 3.05) is 13.1 Å². The number of aliphatic hydroxyl groups excluding tert-OH is 1. The maximum Gasteiger partial charge on any atom is 0.326 e. The van der Waals surface area contributed by atoms with Crippen LogP contribution in [0.2, 0.25) is 0 Å². The van der Waals surface area contributed by atoms with Gasteiger partial charge in [0, 0.05) is 13.0 Å². The fraction of sp³-hybridized carbons (Fsp3) is 0.724. The normalized spacial score (nSPS) is 18.1. The van der Waals surface area contributed by atoms with Crippen LogP contribution in [0.4, 0.5) is 0 Å². The highest BCUT2D eigenvalue weighted by molar-refractivity contribution is 5.97. The third-order valence-corrected chi connectivity index (χ3v) is 7.74. The summed E-state index contributed by atoms with van der Waals surface area (Å²) in [7, 11) is 0. The number of aliphatic carboxylic acids is 3. The van der Waals surface area contributed by atoms with Gasteiger partial charge in [0.2, 0.25) is 29.5 Å². The minimum absolute atomic E-state index is 0.000275. The molecule has 1 heterocycles. The SMILES string of the molecule is CC(C)[C@H](NC(=O)[C@H](CCC(=O)O)NC(=O)[C@@H]1CCCN1C(=O)[C@@H](N)[C@@H](C)O)C(=O)N[C@@H](CC(=O)O)C(=O)N[C@@H](CCCCN)C(=O)O. The number of unbranched alkanes of at least 4 members (excludes halogenated alkanes) is 1. The van der Waals surface area contributed by atoms with Gasteiger partial charge in [0.25, 0.3) is 0 Å². The van der Waals surface area contributed by atoms with Crippen LogP contribution >= 0.6 is 0 Å². The van der Waals surface area contributed by atoms with Gasteiger partial charge in [0.05, 0.1) is 12.5 Å². The van der Waals surface area contributed by atoms with E-state index in [4.69, 9.17) is 11.5 Å². The third kappa shape index (κ3) is 13.4. The predicted octanol–water partition coefficient (Wildman–Crippen LogP) is -3.17. The molecule has 0 aromatic rings. The second-order valence-corrected chi connectivity index (χ2v) is 12.0. The van der Waals surface area contributed by atoms with Gasteiger partial charge in [-0.3, -0.25) is 33.6 Å². The number of hydrogen-bond donors (Lipinski definition) is 10. The first kappa shape index (κ1) is 41.7. The van der Waals surface area contributed by atoms with Crippen molar-refractivity contribution in [3.05, 3.63) is 0 Å². The van der Waals surface area contributed by atoms with E-state index in [9.17, 15) is 58.8 Å². The van der Waals surface area contributed by atoms with Gasteiger partial charge in [-0.25, -0.2) is 4.79 Å². The molecule has 12 N–H and O–H groups in total. The minimum Gasteiger partial charge on any atom is -0.481 e. The smallest absolute Gasteiger partial charge is 0.326 e. The molecule has 48 heavy (non-hydrogen) atoms. The van der Waals surface area contributed by atoms with Crippen molar-refractivity contribution in [2.24, 2.45) is 17.4 Å². The van der Waals surface area contributed by atoms with Crippen molar-refractivity contribution in [1.29, 1.82) is 0 Å². The molecule has 272 valence electrons. The Labute approximate surface area is 277 Å². The van der Waals surface area contributed by atoms with Gasteiger partial charge in [-0.1, -0.05) is 13.8 Å². The molecule has 19 nitrogen and oxygen atoms in total. The van der Waals surface area contributed by atoms with E-state index < -0.39 is 115 Å². The molecule has 1 saturated heterocycles. The van der Waals surface area contributed by atoms with Crippen LogP contribution in [0.1, 0.15) is 72.1 Å². The Kier molecular flexibility index (Phi) is 17.5. The lowest BCUT2D eigenvalue weighted by Gasteiger charge is -2.30. The third-order valence-electron chi connectivity index (χ3n) is 7.74. The van der Waals surface area contributed by atoms with Gasteiger partial charge in [-0.2, -0.15) is 0 Å². The summed E-state index contributed by atoms with van der Waals surface area (Å²) in [4.78, 5) is 101. The number of likely N-dealkylation sites (tertiary alicyclic amines) is 1. The summed E-state index contributed by atoms with van der Waals surface area (Å²) in [5.41, 5.74) is 11.2. The fourth-order valence-electron chi connectivity index (χ4n) is 4.96. The van der Waals surface area contributed by atoms with Crippen LogP contribution < -0.4 is 32.7 Å². The highest BCUT2D eigenvalue weighted by Gasteiger charge is 2.39. The van der Waals surface area contributed by atoms with Crippen molar-refractivity contribution < 1.29 is 58.8 Å². The lowest BCUT2D eigenvalue weighted by atomic mass is 10.0. The summed E-state index contributed by atoms with van der Waals surface area (Å²) in [5.74, 6) is -9.35. The van der Waals surface area contributed by atoms with Gasteiger partial charge in [0.15, 0.2) is 0 Å². The molecule has 1 aliphatic heterocycles. The lowest BCUT2D eigenvalue weighted by molar-refractivity contribution is -0.144. The van der Waals surface area contributed by atoms with Crippen LogP contribution in [0.5, 0.6) is 0 Å². The zero-order chi connectivity index (χ0) is 36.7. The molecular formula is C29H49N7O12. The number of carbonyl (C=O) groups excluding carboxylic acids is 5. The van der Waals surface area contributed by atoms with Crippen LogP contribution in [-0.4, -0.2) is 128 Å². The summed E-state index contributed by atoms with van der Waals surface area (Å²) < 4.78 is 0. The number of nitrogens with one attached hydrogen (secondary N) is 4. The van der Waals surface area contributed by atoms with E-state index in [1.165, 1.54) is 25.7 Å². The quantitative estimate of drug-likeness (QED) is 0.0533. The molecule has 0 aromatic heterocycles. The largest absolute Gasteiger partial charge is 0.481 e. The van der Waals surface area contributed by atoms with Gasteiger partial charge in [-0.05, 0) is 57.9 Å². The number of carboxylic acid groups (broad SMARTS) is 3. The fourth-order valence-corrected chi connectivity index (χ4v) is 4.96. The maximum absolute atomic E-state index is 13.4. The van der Waals surface area contributed by atoms with Crippen molar-refractivity contribution in [3.63, 3.8) is 0 Å². The Morgan fingerprint density at radius 1 is 0.792 bits per heavy atom. The second kappa shape index (κ2) is 20.1. The average molecular weight is 688 g/mol. The van der Waals surface area contributed by atoms with E-state index in [1.54, 1.807) is 0 Å². The molecule has 0 saturated carbocycles. The Hall–Kier alpha value is -4.36. The average Bonchev–Trinajstić information content (AvgIpc) is 3.49. The van der Waals surface area contributed by atoms with Gasteiger partial charge < -0.3 is 58.1 Å². The van der Waals surface area contributed by atoms with E-state index in [2.05, 4.69) is 21.3 Å². The molecule has 0 spiro atoms. The molecule has 1 aliphatic rings. The van der Waals surface area contributed by atoms with Crippen molar-refractivity contribution in [2.45, 2.75) is 114 Å². The first-order chi connectivity index (χ1) is 22.4. The van der Waals surface area contributed by atoms with Crippen LogP contribution in [0.3, 0.4) is 0 Å². The maximum atomic E-state index is 13.4. The Morgan fingerprint density at radius 3 is 1.92 bits per heavy atom. The molecule has 0 unspecified atom stereocenters. The lowest BCUT2D eigenvalue weighted by Crippen LogP contribution is -2.60. The van der Waals surface area contributed by atoms with E-state index in [1.807, 2.05) is 0 Å². The second-order valence-electron chi connectivity index (χ2n) is 12.0. The molecule has 0 aliphatic carbocycles. The van der Waals surface area contributed by atoms with Crippen LogP contribution in [0.25, 0.3) is 0 Å². The van der Waals surface area contributed by atoms with E-state index in [0.717, 1.165) is 0 Å². The molecule has 5 amide bonds. The number of carbonyl (C=O) groups is 8. The number of amides is 5.